The van der Waals surface area contributed by atoms with Crippen molar-refractivity contribution in [2.45, 2.75) is 19.9 Å². The maximum Gasteiger partial charge on any atom is 0.313 e. The van der Waals surface area contributed by atoms with Crippen LogP contribution in [0.4, 0.5) is 10.4 Å². The van der Waals surface area contributed by atoms with Crippen LogP contribution in [-0.4, -0.2) is 29.5 Å². The van der Waals surface area contributed by atoms with E-state index in [0.717, 1.165) is 34.7 Å². The van der Waals surface area contributed by atoms with Crippen LogP contribution in [0.15, 0.2) is 59.1 Å². The highest BCUT2D eigenvalue weighted by Crippen LogP contribution is 2.26. The molecule has 0 aliphatic heterocycles. The fourth-order valence-corrected chi connectivity index (χ4v) is 3.62. The Morgan fingerprint density at radius 3 is 2.77 bits per heavy atom. The highest BCUT2D eigenvalue weighted by Gasteiger charge is 2.15. The van der Waals surface area contributed by atoms with Crippen molar-refractivity contribution in [3.05, 3.63) is 72.1 Å². The van der Waals surface area contributed by atoms with E-state index in [1.807, 2.05) is 30.3 Å². The van der Waals surface area contributed by atoms with Gasteiger partial charge in [0.25, 0.3) is 0 Å². The number of nitrogens with two attached hydrogens (primary N) is 1. The van der Waals surface area contributed by atoms with Crippen LogP contribution in [0.3, 0.4) is 0 Å². The summed E-state index contributed by atoms with van der Waals surface area (Å²) in [5.74, 6) is 0.933. The standard InChI is InChI=1S/C21H18FN7O/c1-2-28-18-7-6-13(20-26-27-21(23)30-20)10-17(18)25-19(28)12-16-8-9-24-29(16)15-5-3-4-14(22)11-15/h3-11H,2,12H2,1H3,(H2,23,27). The fraction of sp³-hybridized carbons (Fsp3) is 0.143. The molecule has 150 valence electrons. The second kappa shape index (κ2) is 7.11. The Kier molecular flexibility index (Phi) is 4.27. The highest BCUT2D eigenvalue weighted by molar-refractivity contribution is 5.81. The van der Waals surface area contributed by atoms with Crippen LogP contribution in [0, 0.1) is 5.82 Å². The van der Waals surface area contributed by atoms with Gasteiger partial charge in [0.05, 0.1) is 22.4 Å². The van der Waals surface area contributed by atoms with E-state index in [1.54, 1.807) is 16.9 Å². The predicted octanol–water partition coefficient (Wildman–Crippen LogP) is 3.60. The van der Waals surface area contributed by atoms with Gasteiger partial charge in [-0.3, -0.25) is 0 Å². The zero-order valence-electron chi connectivity index (χ0n) is 16.2. The number of halogens is 1. The average molecular weight is 403 g/mol. The van der Waals surface area contributed by atoms with E-state index < -0.39 is 0 Å². The van der Waals surface area contributed by atoms with E-state index in [-0.39, 0.29) is 11.8 Å². The zero-order valence-corrected chi connectivity index (χ0v) is 16.2. The number of nitrogens with zero attached hydrogens (tertiary/aromatic N) is 6. The lowest BCUT2D eigenvalue weighted by molar-refractivity contribution is 0.590. The second-order valence-electron chi connectivity index (χ2n) is 6.81. The Labute approximate surface area is 170 Å². The van der Waals surface area contributed by atoms with Crippen LogP contribution in [0.25, 0.3) is 28.2 Å². The van der Waals surface area contributed by atoms with Gasteiger partial charge in [-0.2, -0.15) is 5.10 Å². The van der Waals surface area contributed by atoms with Crippen LogP contribution in [0.2, 0.25) is 0 Å². The first kappa shape index (κ1) is 18.0. The van der Waals surface area contributed by atoms with Crippen molar-refractivity contribution < 1.29 is 8.81 Å². The summed E-state index contributed by atoms with van der Waals surface area (Å²) in [4.78, 5) is 4.83. The van der Waals surface area contributed by atoms with Crippen LogP contribution < -0.4 is 5.73 Å². The topological polar surface area (TPSA) is 101 Å². The molecule has 0 radical (unpaired) electrons. The van der Waals surface area contributed by atoms with Crippen molar-refractivity contribution in [3.8, 4) is 17.1 Å². The minimum absolute atomic E-state index is 0.0236. The number of aryl methyl sites for hydroxylation is 1. The van der Waals surface area contributed by atoms with Gasteiger partial charge >= 0.3 is 6.01 Å². The lowest BCUT2D eigenvalue weighted by atomic mass is 10.2. The van der Waals surface area contributed by atoms with Crippen molar-refractivity contribution in [2.75, 3.05) is 5.73 Å². The highest BCUT2D eigenvalue weighted by atomic mass is 19.1. The van der Waals surface area contributed by atoms with Gasteiger partial charge in [0.1, 0.15) is 11.6 Å². The molecule has 0 bridgehead atoms. The van der Waals surface area contributed by atoms with Gasteiger partial charge in [-0.1, -0.05) is 11.2 Å². The molecule has 8 nitrogen and oxygen atoms in total. The van der Waals surface area contributed by atoms with Crippen molar-refractivity contribution >= 4 is 17.0 Å². The minimum atomic E-state index is -0.302. The first-order valence-electron chi connectivity index (χ1n) is 9.49. The number of benzene rings is 2. The van der Waals surface area contributed by atoms with E-state index in [0.29, 0.717) is 18.0 Å². The molecule has 0 atom stereocenters. The minimum Gasteiger partial charge on any atom is -0.404 e. The molecule has 2 N–H and O–H groups in total. The number of fused-ring (bicyclic) bond motifs is 1. The monoisotopic (exact) mass is 403 g/mol. The van der Waals surface area contributed by atoms with E-state index in [1.165, 1.54) is 12.1 Å². The molecule has 0 fully saturated rings. The lowest BCUT2D eigenvalue weighted by Gasteiger charge is -2.09. The second-order valence-corrected chi connectivity index (χ2v) is 6.81. The quantitative estimate of drug-likeness (QED) is 0.481. The molecule has 9 heteroatoms. The molecule has 3 aromatic heterocycles. The molecule has 0 saturated heterocycles. The number of nitrogen functional groups attached to an aromatic ring is 1. The van der Waals surface area contributed by atoms with Crippen LogP contribution in [0.5, 0.6) is 0 Å². The molecule has 3 heterocycles. The molecule has 0 saturated carbocycles. The SMILES string of the molecule is CCn1c(Cc2ccnn2-c2cccc(F)c2)nc2cc(-c3nnc(N)o3)ccc21. The molecule has 0 aliphatic rings. The molecule has 5 rings (SSSR count). The van der Waals surface area contributed by atoms with Crippen LogP contribution in [-0.2, 0) is 13.0 Å². The number of aromatic nitrogens is 6. The van der Waals surface area contributed by atoms with Crippen molar-refractivity contribution in [1.82, 2.24) is 29.5 Å². The van der Waals surface area contributed by atoms with Gasteiger partial charge in [-0.15, -0.1) is 5.10 Å². The molecule has 5 aromatic rings. The van der Waals surface area contributed by atoms with E-state index in [9.17, 15) is 4.39 Å². The number of anilines is 1. The van der Waals surface area contributed by atoms with E-state index in [2.05, 4.69) is 26.8 Å². The molecule has 0 aliphatic carbocycles. The summed E-state index contributed by atoms with van der Waals surface area (Å²) in [7, 11) is 0. The summed E-state index contributed by atoms with van der Waals surface area (Å²) in [6, 6.07) is 14.1. The summed E-state index contributed by atoms with van der Waals surface area (Å²) in [5.41, 5.74) is 9.69. The first-order valence-corrected chi connectivity index (χ1v) is 9.49. The summed E-state index contributed by atoms with van der Waals surface area (Å²) in [5, 5.41) is 12.0. The van der Waals surface area contributed by atoms with Crippen LogP contribution in [0.1, 0.15) is 18.4 Å². The molecular formula is C21H18FN7O. The largest absolute Gasteiger partial charge is 0.404 e. The predicted molar refractivity (Wildman–Crippen MR) is 109 cm³/mol. The third-order valence-electron chi connectivity index (χ3n) is 4.94. The Bertz CT molecular complexity index is 1350. The molecule has 0 spiro atoms. The Morgan fingerprint density at radius 1 is 1.10 bits per heavy atom. The molecule has 0 unspecified atom stereocenters. The van der Waals surface area contributed by atoms with Gasteiger partial charge in [0.15, 0.2) is 0 Å². The Hall–Kier alpha value is -4.01. The van der Waals surface area contributed by atoms with Crippen LogP contribution >= 0.6 is 0 Å². The third kappa shape index (κ3) is 3.10. The molecule has 2 aromatic carbocycles. The smallest absolute Gasteiger partial charge is 0.313 e. The first-order chi connectivity index (χ1) is 14.6. The van der Waals surface area contributed by atoms with Crippen molar-refractivity contribution in [3.63, 3.8) is 0 Å². The normalized spacial score (nSPS) is 11.4. The lowest BCUT2D eigenvalue weighted by Crippen LogP contribution is -2.07. The van der Waals surface area contributed by atoms with Gasteiger partial charge in [0.2, 0.25) is 5.89 Å². The third-order valence-corrected chi connectivity index (χ3v) is 4.94. The molecular weight excluding hydrogens is 385 g/mol. The Morgan fingerprint density at radius 2 is 2.00 bits per heavy atom. The van der Waals surface area contributed by atoms with Crippen molar-refractivity contribution in [1.29, 1.82) is 0 Å². The van der Waals surface area contributed by atoms with Gasteiger partial charge in [0, 0.05) is 24.7 Å². The summed E-state index contributed by atoms with van der Waals surface area (Å²) >= 11 is 0. The number of imidazole rings is 1. The van der Waals surface area contributed by atoms with Crippen molar-refractivity contribution in [2.24, 2.45) is 0 Å². The number of hydrogen-bond acceptors (Lipinski definition) is 6. The number of hydrogen-bond donors (Lipinski definition) is 1. The summed E-state index contributed by atoms with van der Waals surface area (Å²) in [6.07, 6.45) is 2.25. The molecule has 30 heavy (non-hydrogen) atoms. The fourth-order valence-electron chi connectivity index (χ4n) is 3.62. The van der Waals surface area contributed by atoms with E-state index in [4.69, 9.17) is 15.1 Å². The van der Waals surface area contributed by atoms with Gasteiger partial charge < -0.3 is 14.7 Å². The maximum absolute atomic E-state index is 13.7. The van der Waals surface area contributed by atoms with E-state index >= 15 is 0 Å². The zero-order chi connectivity index (χ0) is 20.7. The Balaban J connectivity index is 1.54. The summed E-state index contributed by atoms with van der Waals surface area (Å²) in [6.45, 7) is 2.83. The molecule has 0 amide bonds. The van der Waals surface area contributed by atoms with Gasteiger partial charge in [-0.25, -0.2) is 14.1 Å². The maximum atomic E-state index is 13.7. The average Bonchev–Trinajstić information content (AvgIpc) is 3.45. The van der Waals surface area contributed by atoms with Gasteiger partial charge in [-0.05, 0) is 49.4 Å². The summed E-state index contributed by atoms with van der Waals surface area (Å²) < 4.78 is 22.9. The number of rotatable bonds is 5.